The van der Waals surface area contributed by atoms with E-state index in [9.17, 15) is 4.39 Å². The SMILES string of the molecule is Fc1ccc(C2CCC(OCOCC3CO3)CC2)cc1. The Kier molecular flexibility index (Phi) is 4.65. The molecule has 20 heavy (non-hydrogen) atoms. The summed E-state index contributed by atoms with van der Waals surface area (Å²) in [4.78, 5) is 0. The molecule has 0 aromatic heterocycles. The van der Waals surface area contributed by atoms with Gasteiger partial charge in [-0.2, -0.15) is 0 Å². The van der Waals surface area contributed by atoms with Crippen LogP contribution in [0.3, 0.4) is 0 Å². The van der Waals surface area contributed by atoms with Crippen LogP contribution in [0.15, 0.2) is 24.3 Å². The lowest BCUT2D eigenvalue weighted by atomic mass is 9.83. The molecule has 0 amide bonds. The van der Waals surface area contributed by atoms with Gasteiger partial charge >= 0.3 is 0 Å². The highest BCUT2D eigenvalue weighted by atomic mass is 19.1. The summed E-state index contributed by atoms with van der Waals surface area (Å²) in [6.45, 7) is 1.83. The second-order valence-corrected chi connectivity index (χ2v) is 5.64. The van der Waals surface area contributed by atoms with Gasteiger partial charge in [-0.1, -0.05) is 12.1 Å². The summed E-state index contributed by atoms with van der Waals surface area (Å²) in [5.74, 6) is 0.374. The van der Waals surface area contributed by atoms with E-state index in [1.54, 1.807) is 12.1 Å². The molecule has 0 bridgehead atoms. The molecule has 2 fully saturated rings. The van der Waals surface area contributed by atoms with Gasteiger partial charge in [0.15, 0.2) is 0 Å². The van der Waals surface area contributed by atoms with E-state index < -0.39 is 0 Å². The third-order valence-corrected chi connectivity index (χ3v) is 4.11. The Morgan fingerprint density at radius 3 is 2.45 bits per heavy atom. The van der Waals surface area contributed by atoms with Crippen molar-refractivity contribution in [3.63, 3.8) is 0 Å². The standard InChI is InChI=1S/C16H21FO3/c17-14-5-1-12(2-6-14)13-3-7-15(8-4-13)20-11-18-9-16-10-19-16/h1-2,5-6,13,15-16H,3-4,7-11H2. The zero-order valence-corrected chi connectivity index (χ0v) is 11.6. The molecule has 1 aliphatic heterocycles. The molecule has 1 aromatic carbocycles. The topological polar surface area (TPSA) is 31.0 Å². The maximum atomic E-state index is 12.9. The maximum Gasteiger partial charge on any atom is 0.147 e. The smallest absolute Gasteiger partial charge is 0.147 e. The molecule has 1 unspecified atom stereocenters. The van der Waals surface area contributed by atoms with Gasteiger partial charge in [-0.05, 0) is 49.3 Å². The highest BCUT2D eigenvalue weighted by Crippen LogP contribution is 2.34. The molecule has 1 saturated heterocycles. The lowest BCUT2D eigenvalue weighted by Crippen LogP contribution is -2.22. The molecule has 0 spiro atoms. The van der Waals surface area contributed by atoms with Crippen LogP contribution >= 0.6 is 0 Å². The molecule has 2 aliphatic rings. The van der Waals surface area contributed by atoms with Crippen LogP contribution in [0.4, 0.5) is 4.39 Å². The summed E-state index contributed by atoms with van der Waals surface area (Å²) < 4.78 is 29.1. The first-order valence-corrected chi connectivity index (χ1v) is 7.37. The summed E-state index contributed by atoms with van der Waals surface area (Å²) in [6.07, 6.45) is 4.89. The molecular weight excluding hydrogens is 259 g/mol. The van der Waals surface area contributed by atoms with E-state index in [-0.39, 0.29) is 5.82 Å². The summed E-state index contributed by atoms with van der Waals surface area (Å²) in [5, 5.41) is 0. The minimum absolute atomic E-state index is 0.164. The van der Waals surface area contributed by atoms with Crippen molar-refractivity contribution in [3.8, 4) is 0 Å². The van der Waals surface area contributed by atoms with Gasteiger partial charge in [0.2, 0.25) is 0 Å². The summed E-state index contributed by atoms with van der Waals surface area (Å²) in [7, 11) is 0. The first-order valence-electron chi connectivity index (χ1n) is 7.37. The van der Waals surface area contributed by atoms with Crippen molar-refractivity contribution in [1.82, 2.24) is 0 Å². The monoisotopic (exact) mass is 280 g/mol. The van der Waals surface area contributed by atoms with Crippen LogP contribution in [0.2, 0.25) is 0 Å². The maximum absolute atomic E-state index is 12.9. The van der Waals surface area contributed by atoms with Gasteiger partial charge in [-0.15, -0.1) is 0 Å². The first kappa shape index (κ1) is 14.0. The largest absolute Gasteiger partial charge is 0.371 e. The summed E-state index contributed by atoms with van der Waals surface area (Å²) >= 11 is 0. The number of epoxide rings is 1. The summed E-state index contributed by atoms with van der Waals surface area (Å²) in [5.41, 5.74) is 1.24. The quantitative estimate of drug-likeness (QED) is 0.455. The van der Waals surface area contributed by atoms with E-state index in [0.717, 1.165) is 32.3 Å². The first-order chi connectivity index (χ1) is 9.81. The zero-order valence-electron chi connectivity index (χ0n) is 11.6. The fourth-order valence-corrected chi connectivity index (χ4v) is 2.79. The Morgan fingerprint density at radius 2 is 1.80 bits per heavy atom. The minimum atomic E-state index is -0.164. The Balaban J connectivity index is 1.36. The van der Waals surface area contributed by atoms with Gasteiger partial charge in [0.1, 0.15) is 18.7 Å². The molecule has 1 heterocycles. The summed E-state index contributed by atoms with van der Waals surface area (Å²) in [6, 6.07) is 6.90. The van der Waals surface area contributed by atoms with Crippen LogP contribution in [0, 0.1) is 5.82 Å². The van der Waals surface area contributed by atoms with Gasteiger partial charge in [0.05, 0.1) is 19.3 Å². The number of rotatable bonds is 6. The van der Waals surface area contributed by atoms with Crippen molar-refractivity contribution in [2.45, 2.75) is 43.8 Å². The van der Waals surface area contributed by atoms with Crippen molar-refractivity contribution in [2.75, 3.05) is 20.0 Å². The number of ether oxygens (including phenoxy) is 3. The zero-order chi connectivity index (χ0) is 13.8. The Labute approximate surface area is 119 Å². The van der Waals surface area contributed by atoms with Gasteiger partial charge < -0.3 is 14.2 Å². The number of benzene rings is 1. The Hall–Kier alpha value is -0.970. The van der Waals surface area contributed by atoms with E-state index >= 15 is 0 Å². The van der Waals surface area contributed by atoms with E-state index in [1.165, 1.54) is 5.56 Å². The fourth-order valence-electron chi connectivity index (χ4n) is 2.79. The predicted molar refractivity (Wildman–Crippen MR) is 73.0 cm³/mol. The van der Waals surface area contributed by atoms with Gasteiger partial charge in [-0.3, -0.25) is 0 Å². The Bertz CT molecular complexity index is 408. The average molecular weight is 280 g/mol. The number of halogens is 1. The van der Waals surface area contributed by atoms with Gasteiger partial charge in [0.25, 0.3) is 0 Å². The molecule has 0 radical (unpaired) electrons. The normalized spacial score (nSPS) is 29.4. The predicted octanol–water partition coefficient (Wildman–Crippen LogP) is 3.24. The van der Waals surface area contributed by atoms with E-state index in [2.05, 4.69) is 0 Å². The highest BCUT2D eigenvalue weighted by molar-refractivity contribution is 5.20. The second kappa shape index (κ2) is 6.66. The van der Waals surface area contributed by atoms with Crippen LogP contribution in [0.25, 0.3) is 0 Å². The average Bonchev–Trinajstić information content (AvgIpc) is 3.29. The number of hydrogen-bond acceptors (Lipinski definition) is 3. The molecule has 1 aliphatic carbocycles. The number of hydrogen-bond donors (Lipinski definition) is 0. The van der Waals surface area contributed by atoms with Crippen molar-refractivity contribution in [3.05, 3.63) is 35.6 Å². The molecule has 3 nitrogen and oxygen atoms in total. The lowest BCUT2D eigenvalue weighted by Gasteiger charge is -2.28. The van der Waals surface area contributed by atoms with Crippen molar-refractivity contribution < 1.29 is 18.6 Å². The van der Waals surface area contributed by atoms with E-state index in [1.807, 2.05) is 12.1 Å². The van der Waals surface area contributed by atoms with E-state index in [0.29, 0.717) is 31.5 Å². The van der Waals surface area contributed by atoms with E-state index in [4.69, 9.17) is 14.2 Å². The van der Waals surface area contributed by atoms with Crippen LogP contribution in [-0.4, -0.2) is 32.2 Å². The van der Waals surface area contributed by atoms with Crippen LogP contribution in [0.1, 0.15) is 37.2 Å². The van der Waals surface area contributed by atoms with Crippen molar-refractivity contribution in [1.29, 1.82) is 0 Å². The second-order valence-electron chi connectivity index (χ2n) is 5.64. The van der Waals surface area contributed by atoms with Crippen molar-refractivity contribution in [2.24, 2.45) is 0 Å². The van der Waals surface area contributed by atoms with Crippen LogP contribution in [0.5, 0.6) is 0 Å². The third-order valence-electron chi connectivity index (χ3n) is 4.11. The van der Waals surface area contributed by atoms with Gasteiger partial charge in [-0.25, -0.2) is 4.39 Å². The molecule has 0 N–H and O–H groups in total. The third kappa shape index (κ3) is 4.01. The molecule has 4 heteroatoms. The van der Waals surface area contributed by atoms with Crippen LogP contribution < -0.4 is 0 Å². The molecule has 3 rings (SSSR count). The lowest BCUT2D eigenvalue weighted by molar-refractivity contribution is -0.102. The molecule has 1 aromatic rings. The molecule has 1 saturated carbocycles. The van der Waals surface area contributed by atoms with Gasteiger partial charge in [0, 0.05) is 0 Å². The molecule has 110 valence electrons. The fraction of sp³-hybridized carbons (Fsp3) is 0.625. The minimum Gasteiger partial charge on any atom is -0.371 e. The Morgan fingerprint density at radius 1 is 1.10 bits per heavy atom. The molecule has 1 atom stereocenters. The van der Waals surface area contributed by atoms with Crippen molar-refractivity contribution >= 4 is 0 Å². The van der Waals surface area contributed by atoms with Crippen LogP contribution in [-0.2, 0) is 14.2 Å². The highest BCUT2D eigenvalue weighted by Gasteiger charge is 2.24. The molecular formula is C16H21FO3.